The van der Waals surface area contributed by atoms with E-state index in [2.05, 4.69) is 217 Å². The molecular weight excluding hydrogens is 671 g/mol. The Bertz CT molecular complexity index is 2900. The van der Waals surface area contributed by atoms with Gasteiger partial charge in [0.15, 0.2) is 0 Å². The highest BCUT2D eigenvalue weighted by Crippen LogP contribution is 2.46. The topological polar surface area (TPSA) is 3.24 Å². The summed E-state index contributed by atoms with van der Waals surface area (Å²) in [6.45, 7) is 0. The minimum atomic E-state index is 1.10. The molecule has 10 rings (SSSR count). The maximum atomic E-state index is 2.41. The van der Waals surface area contributed by atoms with E-state index < -0.39 is 0 Å². The summed E-state index contributed by atoms with van der Waals surface area (Å²) in [4.78, 5) is 2.41. The van der Waals surface area contributed by atoms with E-state index in [1.54, 1.807) is 0 Å². The molecule has 0 N–H and O–H groups in total. The second-order valence-electron chi connectivity index (χ2n) is 13.7. The van der Waals surface area contributed by atoms with Crippen LogP contribution in [0.3, 0.4) is 0 Å². The number of anilines is 3. The van der Waals surface area contributed by atoms with Crippen LogP contribution in [0.15, 0.2) is 212 Å². The van der Waals surface area contributed by atoms with Crippen molar-refractivity contribution in [3.8, 4) is 44.5 Å². The number of thiophene rings is 1. The third-order valence-corrected chi connectivity index (χ3v) is 11.7. The first-order chi connectivity index (χ1) is 26.8. The largest absolute Gasteiger partial charge is 0.310 e. The van der Waals surface area contributed by atoms with Crippen LogP contribution in [0, 0.1) is 0 Å². The zero-order valence-corrected chi connectivity index (χ0v) is 30.4. The van der Waals surface area contributed by atoms with E-state index in [0.29, 0.717) is 0 Å². The second kappa shape index (κ2) is 13.7. The lowest BCUT2D eigenvalue weighted by atomic mass is 9.96. The van der Waals surface area contributed by atoms with Crippen LogP contribution in [0.5, 0.6) is 0 Å². The fourth-order valence-corrected chi connectivity index (χ4v) is 9.01. The molecule has 0 saturated carbocycles. The van der Waals surface area contributed by atoms with Crippen LogP contribution in [0.1, 0.15) is 0 Å². The molecule has 1 nitrogen and oxygen atoms in total. The Kier molecular flexibility index (Phi) is 8.09. The van der Waals surface area contributed by atoms with Crippen molar-refractivity contribution in [3.63, 3.8) is 0 Å². The Hall–Kier alpha value is -6.74. The fourth-order valence-electron chi connectivity index (χ4n) is 7.88. The third-order valence-electron chi connectivity index (χ3n) is 10.5. The van der Waals surface area contributed by atoms with Crippen molar-refractivity contribution in [2.45, 2.75) is 0 Å². The van der Waals surface area contributed by atoms with Crippen LogP contribution in [-0.4, -0.2) is 0 Å². The lowest BCUT2D eigenvalue weighted by molar-refractivity contribution is 1.28. The Morgan fingerprint density at radius 2 is 0.778 bits per heavy atom. The van der Waals surface area contributed by atoms with Gasteiger partial charge in [0.1, 0.15) is 0 Å². The van der Waals surface area contributed by atoms with Gasteiger partial charge in [-0.2, -0.15) is 0 Å². The Labute approximate surface area is 319 Å². The number of para-hydroxylation sites is 1. The molecule has 9 aromatic carbocycles. The molecule has 0 aliphatic carbocycles. The Balaban J connectivity index is 1.10. The summed E-state index contributed by atoms with van der Waals surface area (Å²) in [7, 11) is 0. The molecule has 54 heavy (non-hydrogen) atoms. The van der Waals surface area contributed by atoms with Gasteiger partial charge in [-0.1, -0.05) is 170 Å². The van der Waals surface area contributed by atoms with Gasteiger partial charge in [0.2, 0.25) is 0 Å². The first-order valence-electron chi connectivity index (χ1n) is 18.4. The number of hydrogen-bond acceptors (Lipinski definition) is 2. The predicted octanol–water partition coefficient (Wildman–Crippen LogP) is 15.3. The summed E-state index contributed by atoms with van der Waals surface area (Å²) in [5.41, 5.74) is 13.1. The zero-order chi connectivity index (χ0) is 35.8. The molecule has 0 radical (unpaired) electrons. The van der Waals surface area contributed by atoms with E-state index in [0.717, 1.165) is 17.1 Å². The van der Waals surface area contributed by atoms with Crippen molar-refractivity contribution in [1.29, 1.82) is 0 Å². The molecule has 0 spiro atoms. The van der Waals surface area contributed by atoms with Gasteiger partial charge in [0.05, 0.1) is 5.69 Å². The minimum Gasteiger partial charge on any atom is -0.310 e. The number of fused-ring (bicyclic) bond motifs is 4. The summed E-state index contributed by atoms with van der Waals surface area (Å²) >= 11 is 1.86. The standard InChI is InChI=1S/C52H35NS/c1-2-12-36(13-3-1)37-24-26-38(27-25-37)39-28-32-42(33-29-39)53(43-34-30-41(31-35-43)45-19-10-15-40-14-4-5-16-44(40)45)49-21-8-6-17-46(49)47-20-11-23-51-52(47)48-18-7-9-22-50(48)54-51/h1-35H. The molecule has 0 amide bonds. The molecule has 2 heteroatoms. The highest BCUT2D eigenvalue weighted by atomic mass is 32.1. The fraction of sp³-hybridized carbons (Fsp3) is 0. The first kappa shape index (κ1) is 32.0. The molecule has 1 aromatic heterocycles. The van der Waals surface area contributed by atoms with Gasteiger partial charge < -0.3 is 4.90 Å². The van der Waals surface area contributed by atoms with E-state index in [1.165, 1.54) is 75.5 Å². The summed E-state index contributed by atoms with van der Waals surface area (Å²) in [6.07, 6.45) is 0. The second-order valence-corrected chi connectivity index (χ2v) is 14.8. The maximum Gasteiger partial charge on any atom is 0.0540 e. The summed E-state index contributed by atoms with van der Waals surface area (Å²) < 4.78 is 2.61. The lowest BCUT2D eigenvalue weighted by Gasteiger charge is -2.28. The van der Waals surface area contributed by atoms with Gasteiger partial charge in [-0.05, 0) is 92.2 Å². The minimum absolute atomic E-state index is 1.10. The van der Waals surface area contributed by atoms with Crippen LogP contribution in [-0.2, 0) is 0 Å². The SMILES string of the molecule is c1ccc(-c2ccc(-c3ccc(N(c4ccc(-c5cccc6ccccc56)cc4)c4ccccc4-c4cccc5sc6ccccc6c45)cc3)cc2)cc1. The van der Waals surface area contributed by atoms with Gasteiger partial charge in [-0.15, -0.1) is 11.3 Å². The molecule has 0 saturated heterocycles. The summed E-state index contributed by atoms with van der Waals surface area (Å²) in [5, 5.41) is 5.13. The number of benzene rings is 9. The van der Waals surface area contributed by atoms with Crippen molar-refractivity contribution >= 4 is 59.3 Å². The van der Waals surface area contributed by atoms with Gasteiger partial charge >= 0.3 is 0 Å². The average Bonchev–Trinajstić information content (AvgIpc) is 3.64. The number of rotatable bonds is 7. The number of nitrogens with zero attached hydrogens (tertiary/aromatic N) is 1. The van der Waals surface area contributed by atoms with Crippen LogP contribution >= 0.6 is 11.3 Å². The van der Waals surface area contributed by atoms with E-state index in [1.807, 2.05) is 11.3 Å². The van der Waals surface area contributed by atoms with Crippen LogP contribution in [0.25, 0.3) is 75.5 Å². The first-order valence-corrected chi connectivity index (χ1v) is 19.2. The van der Waals surface area contributed by atoms with Gasteiger partial charge in [-0.3, -0.25) is 0 Å². The van der Waals surface area contributed by atoms with Crippen molar-refractivity contribution in [2.75, 3.05) is 4.90 Å². The normalized spacial score (nSPS) is 11.3. The quantitative estimate of drug-likeness (QED) is 0.160. The molecule has 0 unspecified atom stereocenters. The van der Waals surface area contributed by atoms with E-state index in [-0.39, 0.29) is 0 Å². The molecule has 0 atom stereocenters. The number of hydrogen-bond donors (Lipinski definition) is 0. The van der Waals surface area contributed by atoms with Gasteiger partial charge in [-0.25, -0.2) is 0 Å². The highest BCUT2D eigenvalue weighted by Gasteiger charge is 2.20. The van der Waals surface area contributed by atoms with Crippen LogP contribution < -0.4 is 4.90 Å². The molecule has 1 heterocycles. The van der Waals surface area contributed by atoms with Crippen molar-refractivity contribution < 1.29 is 0 Å². The third kappa shape index (κ3) is 5.74. The Morgan fingerprint density at radius 3 is 1.52 bits per heavy atom. The van der Waals surface area contributed by atoms with Crippen molar-refractivity contribution in [1.82, 2.24) is 0 Å². The van der Waals surface area contributed by atoms with Crippen LogP contribution in [0.2, 0.25) is 0 Å². The average molecular weight is 706 g/mol. The molecule has 0 aliphatic heterocycles. The van der Waals surface area contributed by atoms with Crippen molar-refractivity contribution in [3.05, 3.63) is 212 Å². The molecule has 10 aromatic rings. The molecule has 0 aliphatic rings. The van der Waals surface area contributed by atoms with E-state index in [4.69, 9.17) is 0 Å². The van der Waals surface area contributed by atoms with Gasteiger partial charge in [0, 0.05) is 37.1 Å². The Morgan fingerprint density at radius 1 is 0.296 bits per heavy atom. The summed E-state index contributed by atoms with van der Waals surface area (Å²) in [5.74, 6) is 0. The monoisotopic (exact) mass is 705 g/mol. The predicted molar refractivity (Wildman–Crippen MR) is 233 cm³/mol. The maximum absolute atomic E-state index is 2.41. The molecule has 0 bridgehead atoms. The van der Waals surface area contributed by atoms with Gasteiger partial charge in [0.25, 0.3) is 0 Å². The van der Waals surface area contributed by atoms with E-state index in [9.17, 15) is 0 Å². The molecule has 0 fully saturated rings. The highest BCUT2D eigenvalue weighted by molar-refractivity contribution is 7.25. The molecular formula is C52H35NS. The van der Waals surface area contributed by atoms with Crippen LogP contribution in [0.4, 0.5) is 17.1 Å². The summed E-state index contributed by atoms with van der Waals surface area (Å²) in [6, 6.07) is 77.1. The van der Waals surface area contributed by atoms with Crippen molar-refractivity contribution in [2.24, 2.45) is 0 Å². The smallest absolute Gasteiger partial charge is 0.0540 e. The lowest BCUT2D eigenvalue weighted by Crippen LogP contribution is -2.11. The zero-order valence-electron chi connectivity index (χ0n) is 29.6. The van der Waals surface area contributed by atoms with E-state index >= 15 is 0 Å². The molecule has 254 valence electrons.